The van der Waals surface area contributed by atoms with E-state index in [2.05, 4.69) is 20.5 Å². The summed E-state index contributed by atoms with van der Waals surface area (Å²) in [6, 6.07) is 7.32. The van der Waals surface area contributed by atoms with Gasteiger partial charge in [-0.1, -0.05) is 41.0 Å². The Morgan fingerprint density at radius 3 is 2.90 bits per heavy atom. The molecule has 0 atom stereocenters. The van der Waals surface area contributed by atoms with Gasteiger partial charge in [-0.3, -0.25) is 0 Å². The molecule has 0 aliphatic rings. The van der Waals surface area contributed by atoms with Crippen molar-refractivity contribution in [1.82, 2.24) is 25.1 Å². The van der Waals surface area contributed by atoms with Crippen molar-refractivity contribution >= 4 is 17.4 Å². The summed E-state index contributed by atoms with van der Waals surface area (Å²) in [7, 11) is 0. The molecular formula is C13H13ClN6O. The Labute approximate surface area is 125 Å². The highest BCUT2D eigenvalue weighted by Crippen LogP contribution is 2.25. The van der Waals surface area contributed by atoms with E-state index in [1.54, 1.807) is 10.7 Å². The van der Waals surface area contributed by atoms with Crippen LogP contribution < -0.4 is 5.73 Å². The lowest BCUT2D eigenvalue weighted by Gasteiger charge is -2.00. The van der Waals surface area contributed by atoms with Crippen molar-refractivity contribution in [1.29, 1.82) is 0 Å². The van der Waals surface area contributed by atoms with Gasteiger partial charge in [0.1, 0.15) is 6.54 Å². The zero-order valence-electron chi connectivity index (χ0n) is 11.3. The van der Waals surface area contributed by atoms with Crippen molar-refractivity contribution in [2.75, 3.05) is 5.73 Å². The molecule has 0 unspecified atom stereocenters. The Balaban J connectivity index is 1.87. The molecular weight excluding hydrogens is 292 g/mol. The number of hydrogen-bond acceptors (Lipinski definition) is 6. The van der Waals surface area contributed by atoms with E-state index in [4.69, 9.17) is 21.9 Å². The van der Waals surface area contributed by atoms with Crippen molar-refractivity contribution < 1.29 is 4.52 Å². The average molecular weight is 305 g/mol. The number of anilines is 1. The van der Waals surface area contributed by atoms with Crippen molar-refractivity contribution in [3.05, 3.63) is 40.9 Å². The van der Waals surface area contributed by atoms with E-state index in [0.717, 1.165) is 17.7 Å². The Hall–Kier alpha value is -2.41. The number of rotatable bonds is 4. The van der Waals surface area contributed by atoms with Gasteiger partial charge >= 0.3 is 0 Å². The third-order valence-electron chi connectivity index (χ3n) is 3.07. The van der Waals surface area contributed by atoms with E-state index >= 15 is 0 Å². The molecule has 0 spiro atoms. The zero-order valence-corrected chi connectivity index (χ0v) is 12.1. The third-order valence-corrected chi connectivity index (χ3v) is 3.40. The highest BCUT2D eigenvalue weighted by atomic mass is 35.5. The normalized spacial score (nSPS) is 11.0. The summed E-state index contributed by atoms with van der Waals surface area (Å²) >= 11 is 6.11. The number of nitrogens with two attached hydrogens (primary N) is 1. The summed E-state index contributed by atoms with van der Waals surface area (Å²) in [6.07, 6.45) is 0.727. The summed E-state index contributed by atoms with van der Waals surface area (Å²) in [6.45, 7) is 2.30. The molecule has 8 heteroatoms. The molecule has 3 rings (SSSR count). The van der Waals surface area contributed by atoms with Crippen LogP contribution in [0, 0.1) is 0 Å². The Kier molecular flexibility index (Phi) is 3.57. The van der Waals surface area contributed by atoms with E-state index in [0.29, 0.717) is 29.1 Å². The molecule has 0 radical (unpaired) electrons. The van der Waals surface area contributed by atoms with Gasteiger partial charge in [-0.15, -0.1) is 5.10 Å². The summed E-state index contributed by atoms with van der Waals surface area (Å²) in [4.78, 5) is 4.33. The third kappa shape index (κ3) is 2.59. The van der Waals surface area contributed by atoms with E-state index in [-0.39, 0.29) is 0 Å². The lowest BCUT2D eigenvalue weighted by Crippen LogP contribution is -2.07. The van der Waals surface area contributed by atoms with Gasteiger partial charge in [0.15, 0.2) is 5.82 Å². The molecule has 108 valence electrons. The fraction of sp³-hybridized carbons (Fsp3) is 0.231. The van der Waals surface area contributed by atoms with Crippen LogP contribution in [0.5, 0.6) is 0 Å². The summed E-state index contributed by atoms with van der Waals surface area (Å²) < 4.78 is 6.89. The molecule has 1 aromatic carbocycles. The van der Waals surface area contributed by atoms with Crippen LogP contribution in [0.25, 0.3) is 11.4 Å². The molecule has 2 N–H and O–H groups in total. The molecule has 3 aromatic rings. The SMILES string of the molecule is CCc1c(N)nnn1Cc1nc(-c2ccccc2Cl)no1. The van der Waals surface area contributed by atoms with Crippen molar-refractivity contribution in [3.63, 3.8) is 0 Å². The van der Waals surface area contributed by atoms with Gasteiger partial charge < -0.3 is 10.3 Å². The smallest absolute Gasteiger partial charge is 0.248 e. The molecule has 0 aliphatic carbocycles. The molecule has 2 aromatic heterocycles. The summed E-state index contributed by atoms with van der Waals surface area (Å²) in [5.41, 5.74) is 7.31. The topological polar surface area (TPSA) is 95.7 Å². The number of nitrogen functional groups attached to an aromatic ring is 1. The summed E-state index contributed by atoms with van der Waals surface area (Å²) in [5.74, 6) is 1.29. The van der Waals surface area contributed by atoms with E-state index in [1.165, 1.54) is 0 Å². The second kappa shape index (κ2) is 5.53. The Morgan fingerprint density at radius 2 is 2.14 bits per heavy atom. The first-order valence-electron chi connectivity index (χ1n) is 6.44. The molecule has 21 heavy (non-hydrogen) atoms. The number of halogens is 1. The first kappa shape index (κ1) is 13.6. The molecule has 0 aliphatic heterocycles. The van der Waals surface area contributed by atoms with Crippen LogP contribution >= 0.6 is 11.6 Å². The first-order valence-corrected chi connectivity index (χ1v) is 6.82. The molecule has 7 nitrogen and oxygen atoms in total. The predicted molar refractivity (Wildman–Crippen MR) is 77.7 cm³/mol. The number of hydrogen-bond donors (Lipinski definition) is 1. The first-order chi connectivity index (χ1) is 10.2. The van der Waals surface area contributed by atoms with Crippen LogP contribution in [0.4, 0.5) is 5.82 Å². The fourth-order valence-corrected chi connectivity index (χ4v) is 2.26. The van der Waals surface area contributed by atoms with E-state index in [1.807, 2.05) is 25.1 Å². The van der Waals surface area contributed by atoms with E-state index < -0.39 is 0 Å². The van der Waals surface area contributed by atoms with Crippen LogP contribution in [0.15, 0.2) is 28.8 Å². The van der Waals surface area contributed by atoms with Gasteiger partial charge in [0, 0.05) is 5.56 Å². The monoisotopic (exact) mass is 304 g/mol. The quantitative estimate of drug-likeness (QED) is 0.793. The zero-order chi connectivity index (χ0) is 14.8. The minimum atomic E-state index is 0.324. The maximum Gasteiger partial charge on any atom is 0.248 e. The van der Waals surface area contributed by atoms with Crippen LogP contribution in [-0.2, 0) is 13.0 Å². The number of benzene rings is 1. The van der Waals surface area contributed by atoms with Gasteiger partial charge in [0.05, 0.1) is 10.7 Å². The van der Waals surface area contributed by atoms with Gasteiger partial charge in [-0.2, -0.15) is 4.98 Å². The minimum absolute atomic E-state index is 0.324. The highest BCUT2D eigenvalue weighted by molar-refractivity contribution is 6.33. The fourth-order valence-electron chi connectivity index (χ4n) is 2.04. The lowest BCUT2D eigenvalue weighted by atomic mass is 10.2. The second-order valence-corrected chi connectivity index (χ2v) is 4.83. The minimum Gasteiger partial charge on any atom is -0.381 e. The van der Waals surface area contributed by atoms with Crippen LogP contribution in [0.3, 0.4) is 0 Å². The van der Waals surface area contributed by atoms with E-state index in [9.17, 15) is 0 Å². The van der Waals surface area contributed by atoms with Gasteiger partial charge in [0.25, 0.3) is 0 Å². The van der Waals surface area contributed by atoms with Crippen LogP contribution in [0.2, 0.25) is 5.02 Å². The van der Waals surface area contributed by atoms with Crippen molar-refractivity contribution in [2.24, 2.45) is 0 Å². The van der Waals surface area contributed by atoms with Crippen molar-refractivity contribution in [2.45, 2.75) is 19.9 Å². The largest absolute Gasteiger partial charge is 0.381 e. The molecule has 0 bridgehead atoms. The second-order valence-electron chi connectivity index (χ2n) is 4.42. The maximum atomic E-state index is 6.11. The standard InChI is InChI=1S/C13H13ClN6O/c1-2-10-12(15)17-19-20(10)7-11-16-13(18-21-11)8-5-3-4-6-9(8)14/h3-6H,2,7,15H2,1H3. The Bertz CT molecular complexity index is 766. The van der Waals surface area contributed by atoms with Gasteiger partial charge in [0.2, 0.25) is 11.7 Å². The van der Waals surface area contributed by atoms with Crippen LogP contribution in [0.1, 0.15) is 18.5 Å². The molecule has 2 heterocycles. The average Bonchev–Trinajstić information content (AvgIpc) is 3.07. The maximum absolute atomic E-state index is 6.11. The molecule has 0 saturated carbocycles. The molecule has 0 fully saturated rings. The highest BCUT2D eigenvalue weighted by Gasteiger charge is 2.14. The van der Waals surface area contributed by atoms with Crippen LogP contribution in [-0.4, -0.2) is 25.1 Å². The van der Waals surface area contributed by atoms with Crippen molar-refractivity contribution in [3.8, 4) is 11.4 Å². The molecule has 0 saturated heterocycles. The Morgan fingerprint density at radius 1 is 1.33 bits per heavy atom. The summed E-state index contributed by atoms with van der Waals surface area (Å²) in [5, 5.41) is 12.3. The van der Waals surface area contributed by atoms with Gasteiger partial charge in [-0.05, 0) is 18.6 Å². The lowest BCUT2D eigenvalue weighted by molar-refractivity contribution is 0.363. The van der Waals surface area contributed by atoms with Gasteiger partial charge in [-0.25, -0.2) is 4.68 Å². The molecule has 0 amide bonds. The number of aromatic nitrogens is 5. The number of nitrogens with zero attached hydrogens (tertiary/aromatic N) is 5. The predicted octanol–water partition coefficient (Wildman–Crippen LogP) is 2.17.